The number of rotatable bonds is 9. The number of esters is 3. The van der Waals surface area contributed by atoms with Crippen molar-refractivity contribution in [1.29, 1.82) is 0 Å². The van der Waals surface area contributed by atoms with Crippen LogP contribution in [0.2, 0.25) is 0 Å². The molecule has 1 aliphatic rings. The van der Waals surface area contributed by atoms with Gasteiger partial charge >= 0.3 is 17.9 Å². The molecular formula is C27H38N2O9. The lowest BCUT2D eigenvalue weighted by Gasteiger charge is -2.29. The fourth-order valence-corrected chi connectivity index (χ4v) is 4.14. The molecule has 2 amide bonds. The molecule has 0 aromatic heterocycles. The third-order valence-corrected chi connectivity index (χ3v) is 6.08. The van der Waals surface area contributed by atoms with E-state index in [2.05, 4.69) is 10.6 Å². The minimum Gasteiger partial charge on any atom is -0.505 e. The van der Waals surface area contributed by atoms with E-state index in [1.165, 1.54) is 39.0 Å². The van der Waals surface area contributed by atoms with E-state index >= 15 is 0 Å². The second kappa shape index (κ2) is 13.8. The Balaban J connectivity index is 2.34. The number of amides is 2. The first kappa shape index (κ1) is 30.6. The standard InChI is InChI=1S/C27H38N2O9/c1-7-8-10-19-24(38-21(31)13-14(2)3)16(5)37-27(35)22(15(4)36-26(19)34)29-25(33)18-11-9-12-20(23(18)32)28-17(6)30/h9,11-12,14-16,19,22,24,32H,7-8,10,13H2,1-6H3,(H,28,30)(H,29,33)/t15-,16+,19-,22+,24+/m1/s1. The van der Waals surface area contributed by atoms with Gasteiger partial charge in [0.2, 0.25) is 5.91 Å². The van der Waals surface area contributed by atoms with Gasteiger partial charge in [-0.05, 0) is 38.3 Å². The van der Waals surface area contributed by atoms with Gasteiger partial charge < -0.3 is 30.0 Å². The second-order valence-electron chi connectivity index (χ2n) is 9.92. The van der Waals surface area contributed by atoms with Gasteiger partial charge in [0.25, 0.3) is 5.91 Å². The summed E-state index contributed by atoms with van der Waals surface area (Å²) in [7, 11) is 0. The van der Waals surface area contributed by atoms with Crippen molar-refractivity contribution in [3.05, 3.63) is 23.8 Å². The van der Waals surface area contributed by atoms with E-state index in [4.69, 9.17) is 14.2 Å². The number of carbonyl (C=O) groups excluding carboxylic acids is 5. The Labute approximate surface area is 222 Å². The summed E-state index contributed by atoms with van der Waals surface area (Å²) in [5, 5.41) is 15.3. The summed E-state index contributed by atoms with van der Waals surface area (Å²) in [5.74, 6) is -4.73. The summed E-state index contributed by atoms with van der Waals surface area (Å²) in [4.78, 5) is 63.3. The maximum Gasteiger partial charge on any atom is 0.332 e. The van der Waals surface area contributed by atoms with Gasteiger partial charge in [-0.3, -0.25) is 19.2 Å². The van der Waals surface area contributed by atoms with Crippen LogP contribution in [-0.2, 0) is 33.4 Å². The number of aromatic hydroxyl groups is 1. The molecule has 2 rings (SSSR count). The van der Waals surface area contributed by atoms with Crippen LogP contribution in [0.1, 0.15) is 77.6 Å². The van der Waals surface area contributed by atoms with Crippen molar-refractivity contribution >= 4 is 35.4 Å². The monoisotopic (exact) mass is 534 g/mol. The van der Waals surface area contributed by atoms with Crippen molar-refractivity contribution in [2.24, 2.45) is 11.8 Å². The zero-order chi connectivity index (χ0) is 28.6. The quantitative estimate of drug-likeness (QED) is 0.246. The number of carbonyl (C=O) groups is 5. The first-order valence-corrected chi connectivity index (χ1v) is 12.9. The number of ether oxygens (including phenoxy) is 3. The molecule has 1 aliphatic heterocycles. The zero-order valence-corrected chi connectivity index (χ0v) is 22.7. The van der Waals surface area contributed by atoms with Gasteiger partial charge in [0.1, 0.15) is 12.2 Å². The molecule has 0 unspecified atom stereocenters. The third-order valence-electron chi connectivity index (χ3n) is 6.08. The van der Waals surface area contributed by atoms with Crippen LogP contribution in [0.3, 0.4) is 0 Å². The molecule has 1 aromatic rings. The Hall–Kier alpha value is -3.63. The van der Waals surface area contributed by atoms with Gasteiger partial charge in [-0.1, -0.05) is 39.7 Å². The highest BCUT2D eigenvalue weighted by molar-refractivity contribution is 6.02. The van der Waals surface area contributed by atoms with E-state index in [1.807, 2.05) is 20.8 Å². The molecule has 0 saturated carbocycles. The summed E-state index contributed by atoms with van der Waals surface area (Å²) >= 11 is 0. The lowest BCUT2D eigenvalue weighted by Crippen LogP contribution is -2.50. The molecule has 1 aromatic carbocycles. The number of anilines is 1. The minimum atomic E-state index is -1.42. The molecule has 11 nitrogen and oxygen atoms in total. The molecule has 210 valence electrons. The number of para-hydroxylation sites is 1. The average Bonchev–Trinajstić information content (AvgIpc) is 2.83. The van der Waals surface area contributed by atoms with Crippen molar-refractivity contribution in [1.82, 2.24) is 5.32 Å². The molecule has 0 aliphatic carbocycles. The van der Waals surface area contributed by atoms with E-state index in [0.717, 1.165) is 6.42 Å². The van der Waals surface area contributed by atoms with E-state index in [-0.39, 0.29) is 23.6 Å². The maximum atomic E-state index is 13.2. The molecule has 1 saturated heterocycles. The van der Waals surface area contributed by atoms with E-state index in [0.29, 0.717) is 12.8 Å². The zero-order valence-electron chi connectivity index (χ0n) is 22.7. The smallest absolute Gasteiger partial charge is 0.332 e. The Morgan fingerprint density at radius 1 is 1.08 bits per heavy atom. The van der Waals surface area contributed by atoms with Crippen LogP contribution in [0.4, 0.5) is 5.69 Å². The number of hydrogen-bond donors (Lipinski definition) is 3. The fraction of sp³-hybridized carbons (Fsp3) is 0.593. The van der Waals surface area contributed by atoms with Crippen LogP contribution in [0.15, 0.2) is 18.2 Å². The molecule has 0 spiro atoms. The Kier molecular flexibility index (Phi) is 11.1. The van der Waals surface area contributed by atoms with Gasteiger partial charge in [0.05, 0.1) is 17.2 Å². The average molecular weight is 535 g/mol. The van der Waals surface area contributed by atoms with Crippen molar-refractivity contribution in [3.8, 4) is 5.75 Å². The van der Waals surface area contributed by atoms with Gasteiger partial charge in [-0.25, -0.2) is 4.79 Å². The lowest BCUT2D eigenvalue weighted by molar-refractivity contribution is -0.175. The van der Waals surface area contributed by atoms with Crippen molar-refractivity contribution in [2.75, 3.05) is 5.32 Å². The van der Waals surface area contributed by atoms with Gasteiger partial charge in [-0.15, -0.1) is 0 Å². The van der Waals surface area contributed by atoms with Gasteiger partial charge in [0.15, 0.2) is 17.9 Å². The highest BCUT2D eigenvalue weighted by atomic mass is 16.6. The second-order valence-corrected chi connectivity index (χ2v) is 9.92. The number of cyclic esters (lactones) is 2. The van der Waals surface area contributed by atoms with Crippen molar-refractivity contribution < 1.29 is 43.3 Å². The van der Waals surface area contributed by atoms with E-state index in [9.17, 15) is 29.1 Å². The van der Waals surface area contributed by atoms with Crippen LogP contribution in [0, 0.1) is 11.8 Å². The molecule has 11 heteroatoms. The topological polar surface area (TPSA) is 157 Å². The van der Waals surface area contributed by atoms with Crippen molar-refractivity contribution in [3.63, 3.8) is 0 Å². The number of unbranched alkanes of at least 4 members (excludes halogenated alkanes) is 1. The molecule has 5 atom stereocenters. The van der Waals surface area contributed by atoms with Crippen LogP contribution in [-0.4, -0.2) is 59.2 Å². The Bertz CT molecular complexity index is 1040. The minimum absolute atomic E-state index is 0.0140. The molecule has 3 N–H and O–H groups in total. The molecule has 1 heterocycles. The van der Waals surface area contributed by atoms with Crippen LogP contribution >= 0.6 is 0 Å². The summed E-state index contributed by atoms with van der Waals surface area (Å²) in [5.41, 5.74) is -0.197. The van der Waals surface area contributed by atoms with Gasteiger partial charge in [0, 0.05) is 13.3 Å². The summed E-state index contributed by atoms with van der Waals surface area (Å²) in [6.45, 7) is 9.87. The number of phenolic OH excluding ortho intramolecular Hbond substituents is 1. The van der Waals surface area contributed by atoms with E-state index in [1.54, 1.807) is 0 Å². The van der Waals surface area contributed by atoms with Crippen LogP contribution in [0.25, 0.3) is 0 Å². The lowest BCUT2D eigenvalue weighted by atomic mass is 9.92. The molecule has 0 bridgehead atoms. The summed E-state index contributed by atoms with van der Waals surface area (Å²) < 4.78 is 16.8. The Morgan fingerprint density at radius 2 is 1.74 bits per heavy atom. The fourth-order valence-electron chi connectivity index (χ4n) is 4.14. The predicted molar refractivity (Wildman–Crippen MR) is 137 cm³/mol. The largest absolute Gasteiger partial charge is 0.505 e. The highest BCUT2D eigenvalue weighted by Gasteiger charge is 2.43. The van der Waals surface area contributed by atoms with Crippen LogP contribution in [0.5, 0.6) is 5.75 Å². The Morgan fingerprint density at radius 3 is 2.34 bits per heavy atom. The first-order chi connectivity index (χ1) is 17.8. The predicted octanol–water partition coefficient (Wildman–Crippen LogP) is 3.09. The first-order valence-electron chi connectivity index (χ1n) is 12.9. The third kappa shape index (κ3) is 8.19. The SMILES string of the molecule is CCCC[C@H]1C(=O)O[C@H](C)[C@H](NC(=O)c2cccc(NC(C)=O)c2O)C(=O)O[C@@H](C)[C@@H]1OC(=O)CC(C)C. The number of hydrogen-bond acceptors (Lipinski definition) is 9. The maximum absolute atomic E-state index is 13.2. The van der Waals surface area contributed by atoms with Gasteiger partial charge in [-0.2, -0.15) is 0 Å². The molecular weight excluding hydrogens is 496 g/mol. The highest BCUT2D eigenvalue weighted by Crippen LogP contribution is 2.29. The number of nitrogens with one attached hydrogen (secondary N) is 2. The number of benzene rings is 1. The normalized spacial score (nSPS) is 23.8. The van der Waals surface area contributed by atoms with E-state index < -0.39 is 65.7 Å². The summed E-state index contributed by atoms with van der Waals surface area (Å²) in [6, 6.07) is 2.74. The molecule has 38 heavy (non-hydrogen) atoms. The molecule has 0 radical (unpaired) electrons. The van der Waals surface area contributed by atoms with Crippen LogP contribution < -0.4 is 10.6 Å². The molecule has 1 fully saturated rings. The summed E-state index contributed by atoms with van der Waals surface area (Å²) in [6.07, 6.45) is -1.30. The van der Waals surface area contributed by atoms with Crippen molar-refractivity contribution in [2.45, 2.75) is 91.6 Å². The number of phenols is 1.